The Balaban J connectivity index is 2.03. The standard InChI is InChI=1S/C15H14FNOS2/c1-17-15(10-4-3-9(18-2)7-11(10)16)14-8-13-12(20-14)5-6-19-13/h3-8,15,17H,1-2H3. The van der Waals surface area contributed by atoms with Crippen LogP contribution in [-0.2, 0) is 0 Å². The van der Waals surface area contributed by atoms with Crippen molar-refractivity contribution in [2.24, 2.45) is 0 Å². The van der Waals surface area contributed by atoms with E-state index in [1.807, 2.05) is 7.05 Å². The molecule has 1 N–H and O–H groups in total. The molecule has 1 aromatic carbocycles. The van der Waals surface area contributed by atoms with Crippen LogP contribution < -0.4 is 10.1 Å². The summed E-state index contributed by atoms with van der Waals surface area (Å²) >= 11 is 3.41. The Bertz CT molecular complexity index is 706. The first-order valence-corrected chi connectivity index (χ1v) is 7.90. The van der Waals surface area contributed by atoms with Crippen LogP contribution in [0.3, 0.4) is 0 Å². The van der Waals surface area contributed by atoms with Gasteiger partial charge in [-0.2, -0.15) is 0 Å². The number of hydrogen-bond acceptors (Lipinski definition) is 4. The minimum atomic E-state index is -0.250. The Hall–Kier alpha value is -1.43. The highest BCUT2D eigenvalue weighted by Crippen LogP contribution is 2.36. The van der Waals surface area contributed by atoms with Crippen molar-refractivity contribution in [1.29, 1.82) is 0 Å². The van der Waals surface area contributed by atoms with E-state index in [4.69, 9.17) is 4.74 Å². The molecular weight excluding hydrogens is 293 g/mol. The second-order valence-electron chi connectivity index (χ2n) is 4.41. The second-order valence-corrected chi connectivity index (χ2v) is 6.47. The fraction of sp³-hybridized carbons (Fsp3) is 0.200. The number of halogens is 1. The molecule has 0 radical (unpaired) electrons. The van der Waals surface area contributed by atoms with E-state index in [0.717, 1.165) is 4.88 Å². The smallest absolute Gasteiger partial charge is 0.132 e. The van der Waals surface area contributed by atoms with Crippen LogP contribution >= 0.6 is 22.7 Å². The molecule has 2 nitrogen and oxygen atoms in total. The first kappa shape index (κ1) is 13.5. The summed E-state index contributed by atoms with van der Waals surface area (Å²) in [5.41, 5.74) is 0.641. The predicted octanol–water partition coefficient (Wildman–Crippen LogP) is 4.42. The lowest BCUT2D eigenvalue weighted by Crippen LogP contribution is -2.17. The Morgan fingerprint density at radius 3 is 2.70 bits per heavy atom. The van der Waals surface area contributed by atoms with Gasteiger partial charge in [0.15, 0.2) is 0 Å². The molecule has 0 aliphatic heterocycles. The molecule has 20 heavy (non-hydrogen) atoms. The minimum Gasteiger partial charge on any atom is -0.497 e. The van der Waals surface area contributed by atoms with E-state index >= 15 is 0 Å². The first-order valence-electron chi connectivity index (χ1n) is 6.20. The van der Waals surface area contributed by atoms with E-state index in [0.29, 0.717) is 11.3 Å². The van der Waals surface area contributed by atoms with Crippen molar-refractivity contribution >= 4 is 32.1 Å². The molecule has 2 aromatic heterocycles. The van der Waals surface area contributed by atoms with Crippen molar-refractivity contribution in [2.45, 2.75) is 6.04 Å². The number of benzene rings is 1. The molecule has 1 atom stereocenters. The topological polar surface area (TPSA) is 21.3 Å². The van der Waals surface area contributed by atoms with Gasteiger partial charge in [0.05, 0.1) is 13.2 Å². The van der Waals surface area contributed by atoms with E-state index in [9.17, 15) is 4.39 Å². The number of nitrogens with one attached hydrogen (secondary N) is 1. The van der Waals surface area contributed by atoms with Crippen molar-refractivity contribution < 1.29 is 9.13 Å². The number of thiophene rings is 2. The van der Waals surface area contributed by atoms with Gasteiger partial charge in [-0.15, -0.1) is 22.7 Å². The van der Waals surface area contributed by atoms with Gasteiger partial charge >= 0.3 is 0 Å². The average Bonchev–Trinajstić information content (AvgIpc) is 3.02. The van der Waals surface area contributed by atoms with Crippen LogP contribution in [0, 0.1) is 5.82 Å². The zero-order valence-electron chi connectivity index (χ0n) is 11.1. The molecule has 0 fully saturated rings. The minimum absolute atomic E-state index is 0.134. The number of fused-ring (bicyclic) bond motifs is 1. The van der Waals surface area contributed by atoms with Gasteiger partial charge in [-0.25, -0.2) is 4.39 Å². The predicted molar refractivity (Wildman–Crippen MR) is 83.6 cm³/mol. The lowest BCUT2D eigenvalue weighted by Gasteiger charge is -2.16. The highest BCUT2D eigenvalue weighted by atomic mass is 32.1. The molecule has 0 bridgehead atoms. The third kappa shape index (κ3) is 2.32. The molecule has 0 saturated heterocycles. The molecule has 0 saturated carbocycles. The van der Waals surface area contributed by atoms with Crippen molar-refractivity contribution in [2.75, 3.05) is 14.2 Å². The zero-order chi connectivity index (χ0) is 14.1. The zero-order valence-corrected chi connectivity index (χ0v) is 12.8. The van der Waals surface area contributed by atoms with Crippen LogP contribution in [0.4, 0.5) is 4.39 Å². The van der Waals surface area contributed by atoms with Gasteiger partial charge in [-0.05, 0) is 30.6 Å². The van der Waals surface area contributed by atoms with Crippen LogP contribution in [0.5, 0.6) is 5.75 Å². The largest absolute Gasteiger partial charge is 0.497 e. The van der Waals surface area contributed by atoms with Crippen molar-refractivity contribution in [3.8, 4) is 5.75 Å². The van der Waals surface area contributed by atoms with Crippen LogP contribution in [0.15, 0.2) is 35.7 Å². The average molecular weight is 307 g/mol. The molecule has 104 valence electrons. The normalized spacial score (nSPS) is 12.8. The quantitative estimate of drug-likeness (QED) is 0.770. The third-order valence-corrected chi connectivity index (χ3v) is 5.41. The van der Waals surface area contributed by atoms with Crippen molar-refractivity contribution in [1.82, 2.24) is 5.32 Å². The Labute approximate surface area is 124 Å². The van der Waals surface area contributed by atoms with Crippen molar-refractivity contribution in [3.05, 3.63) is 52.0 Å². The maximum Gasteiger partial charge on any atom is 0.132 e. The molecule has 3 aromatic rings. The molecule has 5 heteroatoms. The summed E-state index contributed by atoms with van der Waals surface area (Å²) in [6, 6.07) is 9.10. The van der Waals surface area contributed by atoms with E-state index in [-0.39, 0.29) is 11.9 Å². The maximum atomic E-state index is 14.2. The molecule has 0 amide bonds. The number of ether oxygens (including phenoxy) is 1. The van der Waals surface area contributed by atoms with Crippen molar-refractivity contribution in [3.63, 3.8) is 0 Å². The number of hydrogen-bond donors (Lipinski definition) is 1. The highest BCUT2D eigenvalue weighted by molar-refractivity contribution is 7.27. The third-order valence-electron chi connectivity index (χ3n) is 3.25. The first-order chi connectivity index (χ1) is 9.72. The van der Waals surface area contributed by atoms with Crippen LogP contribution in [-0.4, -0.2) is 14.2 Å². The van der Waals surface area contributed by atoms with E-state index in [1.165, 1.54) is 22.6 Å². The molecule has 1 unspecified atom stereocenters. The summed E-state index contributed by atoms with van der Waals surface area (Å²) in [6.45, 7) is 0. The fourth-order valence-electron chi connectivity index (χ4n) is 2.25. The monoisotopic (exact) mass is 307 g/mol. The maximum absolute atomic E-state index is 14.2. The van der Waals surface area contributed by atoms with Gasteiger partial charge < -0.3 is 10.1 Å². The van der Waals surface area contributed by atoms with Gasteiger partial charge in [-0.1, -0.05) is 6.07 Å². The summed E-state index contributed by atoms with van der Waals surface area (Å²) in [6.07, 6.45) is 0. The van der Waals surface area contributed by atoms with E-state index in [1.54, 1.807) is 34.8 Å². The molecule has 0 aliphatic rings. The molecule has 3 rings (SSSR count). The number of methoxy groups -OCH3 is 1. The van der Waals surface area contributed by atoms with Crippen LogP contribution in [0.1, 0.15) is 16.5 Å². The fourth-order valence-corrected chi connectivity index (χ4v) is 4.50. The van der Waals surface area contributed by atoms with Gasteiger partial charge in [-0.3, -0.25) is 0 Å². The van der Waals surface area contributed by atoms with Gasteiger partial charge in [0.2, 0.25) is 0 Å². The van der Waals surface area contributed by atoms with Crippen LogP contribution in [0.25, 0.3) is 9.40 Å². The molecule has 0 spiro atoms. The van der Waals surface area contributed by atoms with E-state index in [2.05, 4.69) is 22.8 Å². The summed E-state index contributed by atoms with van der Waals surface area (Å²) in [7, 11) is 3.39. The highest BCUT2D eigenvalue weighted by Gasteiger charge is 2.19. The van der Waals surface area contributed by atoms with Gasteiger partial charge in [0, 0.05) is 25.9 Å². The lowest BCUT2D eigenvalue weighted by atomic mass is 10.0. The summed E-state index contributed by atoms with van der Waals surface area (Å²) < 4.78 is 21.8. The second kappa shape index (κ2) is 5.52. The van der Waals surface area contributed by atoms with Gasteiger partial charge in [0.25, 0.3) is 0 Å². The summed E-state index contributed by atoms with van der Waals surface area (Å²) in [5.74, 6) is 0.286. The number of rotatable bonds is 4. The summed E-state index contributed by atoms with van der Waals surface area (Å²) in [5, 5.41) is 5.27. The Kier molecular flexibility index (Phi) is 3.74. The summed E-state index contributed by atoms with van der Waals surface area (Å²) in [4.78, 5) is 1.12. The molecular formula is C15H14FNOS2. The van der Waals surface area contributed by atoms with Crippen LogP contribution in [0.2, 0.25) is 0 Å². The Morgan fingerprint density at radius 1 is 1.20 bits per heavy atom. The molecule has 0 aliphatic carbocycles. The SMILES string of the molecule is CNC(c1cc2sccc2s1)c1ccc(OC)cc1F. The Morgan fingerprint density at radius 2 is 2.05 bits per heavy atom. The molecule has 2 heterocycles. The van der Waals surface area contributed by atoms with Gasteiger partial charge in [0.1, 0.15) is 11.6 Å². The lowest BCUT2D eigenvalue weighted by molar-refractivity contribution is 0.410. The van der Waals surface area contributed by atoms with E-state index < -0.39 is 0 Å².